The predicted molar refractivity (Wildman–Crippen MR) is 249 cm³/mol. The number of rotatable bonds is 4. The SMILES string of the molecule is CC1(C)c2ccccc2-c2ccc(N(c3cccc4c3oc3ccccc34)c3cccc4oc5c(-c6cccc7c6sc6ccccc67)c6ccccc6cc5c34)cc21. The molecule has 0 saturated carbocycles. The third-order valence-electron chi connectivity index (χ3n) is 12.9. The van der Waals surface area contributed by atoms with E-state index in [1.807, 2.05) is 17.4 Å². The number of anilines is 3. The summed E-state index contributed by atoms with van der Waals surface area (Å²) in [6, 6.07) is 63.7. The Morgan fingerprint density at radius 2 is 1.12 bits per heavy atom. The van der Waals surface area contributed by atoms with E-state index in [2.05, 4.69) is 189 Å². The maximum Gasteiger partial charge on any atom is 0.159 e. The summed E-state index contributed by atoms with van der Waals surface area (Å²) in [6.45, 7) is 4.69. The molecular formula is C55H35NO2S. The highest BCUT2D eigenvalue weighted by atomic mass is 32.1. The summed E-state index contributed by atoms with van der Waals surface area (Å²) in [4.78, 5) is 2.41. The number of thiophene rings is 1. The summed E-state index contributed by atoms with van der Waals surface area (Å²) in [7, 11) is 0. The number of fused-ring (bicyclic) bond motifs is 13. The Labute approximate surface area is 344 Å². The van der Waals surface area contributed by atoms with Crippen LogP contribution in [0.4, 0.5) is 17.1 Å². The van der Waals surface area contributed by atoms with Crippen molar-refractivity contribution in [2.75, 3.05) is 4.90 Å². The van der Waals surface area contributed by atoms with E-state index in [4.69, 9.17) is 8.83 Å². The number of para-hydroxylation sites is 2. The zero-order valence-corrected chi connectivity index (χ0v) is 33.2. The van der Waals surface area contributed by atoms with Gasteiger partial charge in [0.2, 0.25) is 0 Å². The summed E-state index contributed by atoms with van der Waals surface area (Å²) in [5, 5.41) is 9.25. The van der Waals surface area contributed by atoms with Gasteiger partial charge in [-0.1, -0.05) is 141 Å². The maximum absolute atomic E-state index is 7.17. The lowest BCUT2D eigenvalue weighted by atomic mass is 9.82. The van der Waals surface area contributed by atoms with Gasteiger partial charge >= 0.3 is 0 Å². The van der Waals surface area contributed by atoms with E-state index >= 15 is 0 Å². The van der Waals surface area contributed by atoms with Gasteiger partial charge in [-0.25, -0.2) is 0 Å². The van der Waals surface area contributed by atoms with E-state index in [1.165, 1.54) is 58.8 Å². The molecule has 3 heterocycles. The van der Waals surface area contributed by atoms with Crippen LogP contribution in [-0.2, 0) is 5.41 Å². The Bertz CT molecular complexity index is 3730. The van der Waals surface area contributed by atoms with Gasteiger partial charge in [0.15, 0.2) is 5.58 Å². The monoisotopic (exact) mass is 773 g/mol. The summed E-state index contributed by atoms with van der Waals surface area (Å²) >= 11 is 1.86. The van der Waals surface area contributed by atoms with Crippen LogP contribution >= 0.6 is 11.3 Å². The molecule has 278 valence electrons. The molecular weight excluding hydrogens is 739 g/mol. The largest absolute Gasteiger partial charge is 0.455 e. The number of furan rings is 2. The number of hydrogen-bond donors (Lipinski definition) is 0. The number of hydrogen-bond acceptors (Lipinski definition) is 4. The first kappa shape index (κ1) is 32.9. The lowest BCUT2D eigenvalue weighted by molar-refractivity contribution is 0.660. The van der Waals surface area contributed by atoms with Crippen molar-refractivity contribution in [2.45, 2.75) is 19.3 Å². The van der Waals surface area contributed by atoms with Gasteiger partial charge in [-0.3, -0.25) is 0 Å². The first-order valence-corrected chi connectivity index (χ1v) is 21.1. The first-order valence-electron chi connectivity index (χ1n) is 20.3. The third kappa shape index (κ3) is 4.52. The second-order valence-electron chi connectivity index (χ2n) is 16.4. The Hall–Kier alpha value is -7.14. The molecule has 0 atom stereocenters. The molecule has 1 aliphatic rings. The van der Waals surface area contributed by atoms with Crippen molar-refractivity contribution in [1.29, 1.82) is 0 Å². The highest BCUT2D eigenvalue weighted by molar-refractivity contribution is 7.26. The summed E-state index contributed by atoms with van der Waals surface area (Å²) < 4.78 is 16.5. The van der Waals surface area contributed by atoms with Gasteiger partial charge in [0, 0.05) is 58.6 Å². The van der Waals surface area contributed by atoms with Gasteiger partial charge in [0.05, 0.1) is 16.8 Å². The van der Waals surface area contributed by atoms with Gasteiger partial charge < -0.3 is 13.7 Å². The molecule has 13 rings (SSSR count). The van der Waals surface area contributed by atoms with E-state index in [9.17, 15) is 0 Å². The van der Waals surface area contributed by atoms with Crippen molar-refractivity contribution < 1.29 is 8.83 Å². The maximum atomic E-state index is 7.17. The normalized spacial score (nSPS) is 13.4. The molecule has 59 heavy (non-hydrogen) atoms. The van der Waals surface area contributed by atoms with Crippen molar-refractivity contribution in [3.8, 4) is 22.3 Å². The molecule has 3 nitrogen and oxygen atoms in total. The van der Waals surface area contributed by atoms with Crippen LogP contribution < -0.4 is 4.90 Å². The molecule has 0 bridgehead atoms. The number of nitrogens with zero attached hydrogens (tertiary/aromatic N) is 1. The number of benzene rings is 9. The van der Waals surface area contributed by atoms with Crippen molar-refractivity contribution in [2.24, 2.45) is 0 Å². The molecule has 9 aromatic carbocycles. The van der Waals surface area contributed by atoms with E-state index in [0.717, 1.165) is 66.5 Å². The molecule has 0 fully saturated rings. The van der Waals surface area contributed by atoms with Crippen LogP contribution in [0.3, 0.4) is 0 Å². The van der Waals surface area contributed by atoms with Crippen LogP contribution in [0.1, 0.15) is 25.0 Å². The fourth-order valence-electron chi connectivity index (χ4n) is 10.2. The molecule has 0 aliphatic heterocycles. The zero-order valence-electron chi connectivity index (χ0n) is 32.4. The smallest absolute Gasteiger partial charge is 0.159 e. The van der Waals surface area contributed by atoms with Crippen molar-refractivity contribution in [3.05, 3.63) is 187 Å². The topological polar surface area (TPSA) is 29.5 Å². The Kier molecular flexibility index (Phi) is 6.66. The molecule has 0 saturated heterocycles. The average molecular weight is 774 g/mol. The molecule has 4 heteroatoms. The second kappa shape index (κ2) is 12.0. The van der Waals surface area contributed by atoms with E-state index in [-0.39, 0.29) is 5.41 Å². The van der Waals surface area contributed by atoms with Crippen LogP contribution in [0.15, 0.2) is 185 Å². The van der Waals surface area contributed by atoms with E-state index in [1.54, 1.807) is 0 Å². The van der Waals surface area contributed by atoms with Crippen LogP contribution in [0, 0.1) is 0 Å². The van der Waals surface area contributed by atoms with E-state index in [0.29, 0.717) is 0 Å². The van der Waals surface area contributed by atoms with Gasteiger partial charge in [-0.15, -0.1) is 11.3 Å². The van der Waals surface area contributed by atoms with Crippen molar-refractivity contribution in [1.82, 2.24) is 0 Å². The first-order chi connectivity index (χ1) is 29.0. The second-order valence-corrected chi connectivity index (χ2v) is 17.4. The molecule has 1 aliphatic carbocycles. The van der Waals surface area contributed by atoms with Crippen LogP contribution in [0.2, 0.25) is 0 Å². The summed E-state index contributed by atoms with van der Waals surface area (Å²) in [5.41, 5.74) is 13.9. The van der Waals surface area contributed by atoms with Gasteiger partial charge in [-0.05, 0) is 81.6 Å². The minimum atomic E-state index is -0.172. The lowest BCUT2D eigenvalue weighted by Crippen LogP contribution is -2.16. The lowest BCUT2D eigenvalue weighted by Gasteiger charge is -2.28. The van der Waals surface area contributed by atoms with E-state index < -0.39 is 0 Å². The van der Waals surface area contributed by atoms with Gasteiger partial charge in [0.1, 0.15) is 16.7 Å². The van der Waals surface area contributed by atoms with Crippen molar-refractivity contribution >= 4 is 103 Å². The van der Waals surface area contributed by atoms with Gasteiger partial charge in [0.25, 0.3) is 0 Å². The molecule has 0 radical (unpaired) electrons. The average Bonchev–Trinajstić information content (AvgIpc) is 4.02. The summed E-state index contributed by atoms with van der Waals surface area (Å²) in [6.07, 6.45) is 0. The molecule has 0 unspecified atom stereocenters. The van der Waals surface area contributed by atoms with Crippen molar-refractivity contribution in [3.63, 3.8) is 0 Å². The Balaban J connectivity index is 1.13. The van der Waals surface area contributed by atoms with Gasteiger partial charge in [-0.2, -0.15) is 0 Å². The van der Waals surface area contributed by atoms with Crippen LogP contribution in [-0.4, -0.2) is 0 Å². The minimum absolute atomic E-state index is 0.172. The third-order valence-corrected chi connectivity index (χ3v) is 14.1. The quantitative estimate of drug-likeness (QED) is 0.178. The Morgan fingerprint density at radius 3 is 2.05 bits per heavy atom. The molecule has 0 spiro atoms. The fourth-order valence-corrected chi connectivity index (χ4v) is 11.4. The fraction of sp³-hybridized carbons (Fsp3) is 0.0545. The summed E-state index contributed by atoms with van der Waals surface area (Å²) in [5.74, 6) is 0. The standard InChI is InChI=1S/C55H35NO2S/c1-55(2)43-22-8-5-16-35(43)36-29-28-33(31-44(36)55)56(46-24-12-19-39-37-17-6-9-25-47(37)57-52(39)46)45-23-13-26-48-51(45)42-30-32-14-3-4-15-34(32)50(53(42)58-48)41-21-11-20-40-38-18-7-10-27-49(38)59-54(40)41/h3-31H,1-2H3. The molecule has 12 aromatic rings. The highest BCUT2D eigenvalue weighted by Gasteiger charge is 2.36. The molecule has 0 N–H and O–H groups in total. The van der Waals surface area contributed by atoms with Crippen LogP contribution in [0.5, 0.6) is 0 Å². The molecule has 0 amide bonds. The van der Waals surface area contributed by atoms with Crippen LogP contribution in [0.25, 0.3) is 97.1 Å². The molecule has 3 aromatic heterocycles. The highest BCUT2D eigenvalue weighted by Crippen LogP contribution is 2.54. The minimum Gasteiger partial charge on any atom is -0.455 e. The Morgan fingerprint density at radius 1 is 0.458 bits per heavy atom. The predicted octanol–water partition coefficient (Wildman–Crippen LogP) is 16.4. The zero-order chi connectivity index (χ0) is 39.0.